The molecule has 1 fully saturated rings. The first-order valence-electron chi connectivity index (χ1n) is 5.50. The highest BCUT2D eigenvalue weighted by molar-refractivity contribution is 5.77. The molecule has 92 valence electrons. The van der Waals surface area contributed by atoms with E-state index in [1.165, 1.54) is 0 Å². The van der Waals surface area contributed by atoms with E-state index >= 15 is 0 Å². The SMILES string of the molecule is CCOC(=O)NCCC(=O)N1CCOCC1. The Bertz CT molecular complexity index is 239. The molecule has 0 unspecified atom stereocenters. The van der Waals surface area contributed by atoms with Crippen LogP contribution in [0.1, 0.15) is 13.3 Å². The van der Waals surface area contributed by atoms with Crippen LogP contribution >= 0.6 is 0 Å². The molecule has 0 aromatic carbocycles. The van der Waals surface area contributed by atoms with Crippen molar-refractivity contribution < 1.29 is 19.1 Å². The predicted octanol–water partition coefficient (Wildman–Crippen LogP) is -0.0186. The molecule has 0 aliphatic carbocycles. The van der Waals surface area contributed by atoms with E-state index in [-0.39, 0.29) is 5.91 Å². The van der Waals surface area contributed by atoms with Gasteiger partial charge in [0.1, 0.15) is 0 Å². The number of nitrogens with zero attached hydrogens (tertiary/aromatic N) is 1. The van der Waals surface area contributed by atoms with Crippen LogP contribution in [-0.2, 0) is 14.3 Å². The number of carbonyl (C=O) groups excluding carboxylic acids is 2. The van der Waals surface area contributed by atoms with Crippen LogP contribution in [0.4, 0.5) is 4.79 Å². The molecule has 0 atom stereocenters. The molecule has 0 aromatic rings. The zero-order valence-corrected chi connectivity index (χ0v) is 9.53. The summed E-state index contributed by atoms with van der Waals surface area (Å²) in [6.07, 6.45) is -0.170. The molecular weight excluding hydrogens is 212 g/mol. The number of rotatable bonds is 4. The van der Waals surface area contributed by atoms with Gasteiger partial charge in [-0.05, 0) is 6.92 Å². The van der Waals surface area contributed by atoms with E-state index < -0.39 is 6.09 Å². The third-order valence-electron chi connectivity index (χ3n) is 2.25. The van der Waals surface area contributed by atoms with Gasteiger partial charge in [-0.3, -0.25) is 4.79 Å². The number of nitrogens with one attached hydrogen (secondary N) is 1. The lowest BCUT2D eigenvalue weighted by molar-refractivity contribution is -0.135. The molecule has 1 N–H and O–H groups in total. The second-order valence-electron chi connectivity index (χ2n) is 3.39. The number of ether oxygens (including phenoxy) is 2. The zero-order chi connectivity index (χ0) is 11.8. The van der Waals surface area contributed by atoms with Gasteiger partial charge in [0.2, 0.25) is 5.91 Å². The van der Waals surface area contributed by atoms with Crippen molar-refractivity contribution in [1.82, 2.24) is 10.2 Å². The van der Waals surface area contributed by atoms with Gasteiger partial charge in [0.05, 0.1) is 19.8 Å². The Morgan fingerprint density at radius 1 is 1.38 bits per heavy atom. The Morgan fingerprint density at radius 2 is 2.06 bits per heavy atom. The Kier molecular flexibility index (Phi) is 5.63. The van der Waals surface area contributed by atoms with E-state index in [2.05, 4.69) is 10.1 Å². The van der Waals surface area contributed by atoms with Gasteiger partial charge in [0, 0.05) is 26.1 Å². The summed E-state index contributed by atoms with van der Waals surface area (Å²) in [5, 5.41) is 2.51. The molecule has 16 heavy (non-hydrogen) atoms. The average molecular weight is 230 g/mol. The van der Waals surface area contributed by atoms with Gasteiger partial charge in [-0.25, -0.2) is 4.79 Å². The Balaban J connectivity index is 2.12. The van der Waals surface area contributed by atoms with E-state index in [0.29, 0.717) is 45.9 Å². The monoisotopic (exact) mass is 230 g/mol. The number of carbonyl (C=O) groups is 2. The van der Waals surface area contributed by atoms with Crippen molar-refractivity contribution in [2.75, 3.05) is 39.5 Å². The van der Waals surface area contributed by atoms with Gasteiger partial charge in [-0.15, -0.1) is 0 Å². The minimum Gasteiger partial charge on any atom is -0.450 e. The molecule has 6 heteroatoms. The molecule has 1 aliphatic rings. The standard InChI is InChI=1S/C10H18N2O4/c1-2-16-10(14)11-4-3-9(13)12-5-7-15-8-6-12/h2-8H2,1H3,(H,11,14). The van der Waals surface area contributed by atoms with Crippen molar-refractivity contribution in [3.63, 3.8) is 0 Å². The molecule has 2 amide bonds. The van der Waals surface area contributed by atoms with Crippen LogP contribution in [0.15, 0.2) is 0 Å². The highest BCUT2D eigenvalue weighted by atomic mass is 16.5. The van der Waals surface area contributed by atoms with Gasteiger partial charge in [0.25, 0.3) is 0 Å². The summed E-state index contributed by atoms with van der Waals surface area (Å²) in [7, 11) is 0. The normalized spacial score (nSPS) is 15.7. The smallest absolute Gasteiger partial charge is 0.407 e. The summed E-state index contributed by atoms with van der Waals surface area (Å²) in [4.78, 5) is 24.3. The first-order valence-corrected chi connectivity index (χ1v) is 5.50. The van der Waals surface area contributed by atoms with Crippen LogP contribution in [0.2, 0.25) is 0 Å². The third kappa shape index (κ3) is 4.48. The predicted molar refractivity (Wildman–Crippen MR) is 57.0 cm³/mol. The molecule has 0 bridgehead atoms. The number of alkyl carbamates (subject to hydrolysis) is 1. The number of morpholine rings is 1. The van der Waals surface area contributed by atoms with E-state index in [1.807, 2.05) is 0 Å². The summed E-state index contributed by atoms with van der Waals surface area (Å²) in [5.74, 6) is 0.0418. The fourth-order valence-electron chi connectivity index (χ4n) is 1.42. The fourth-order valence-corrected chi connectivity index (χ4v) is 1.42. The topological polar surface area (TPSA) is 67.9 Å². The zero-order valence-electron chi connectivity index (χ0n) is 9.53. The van der Waals surface area contributed by atoms with E-state index in [9.17, 15) is 9.59 Å². The van der Waals surface area contributed by atoms with Crippen LogP contribution in [-0.4, -0.2) is 56.4 Å². The lowest BCUT2D eigenvalue weighted by Crippen LogP contribution is -2.42. The van der Waals surface area contributed by atoms with E-state index in [1.54, 1.807) is 11.8 Å². The number of hydrogen-bond donors (Lipinski definition) is 1. The van der Waals surface area contributed by atoms with Crippen molar-refractivity contribution >= 4 is 12.0 Å². The highest BCUT2D eigenvalue weighted by Gasteiger charge is 2.16. The third-order valence-corrected chi connectivity index (χ3v) is 2.25. The molecule has 1 rings (SSSR count). The quantitative estimate of drug-likeness (QED) is 0.737. The summed E-state index contributed by atoms with van der Waals surface area (Å²) in [6.45, 7) is 4.85. The first-order chi connectivity index (χ1) is 7.74. The molecule has 0 spiro atoms. The van der Waals surface area contributed by atoms with Gasteiger partial charge in [-0.2, -0.15) is 0 Å². The van der Waals surface area contributed by atoms with Crippen molar-refractivity contribution in [2.45, 2.75) is 13.3 Å². The van der Waals surface area contributed by atoms with Crippen LogP contribution < -0.4 is 5.32 Å². The number of hydrogen-bond acceptors (Lipinski definition) is 4. The second kappa shape index (κ2) is 7.05. The van der Waals surface area contributed by atoms with Gasteiger partial charge >= 0.3 is 6.09 Å². The van der Waals surface area contributed by atoms with Gasteiger partial charge < -0.3 is 19.7 Å². The van der Waals surface area contributed by atoms with Crippen molar-refractivity contribution in [1.29, 1.82) is 0 Å². The Hall–Kier alpha value is -1.30. The molecule has 0 aromatic heterocycles. The first kappa shape index (κ1) is 12.8. The van der Waals surface area contributed by atoms with Crippen LogP contribution in [0.25, 0.3) is 0 Å². The lowest BCUT2D eigenvalue weighted by Gasteiger charge is -2.26. The Morgan fingerprint density at radius 3 is 2.69 bits per heavy atom. The molecule has 0 saturated carbocycles. The molecule has 6 nitrogen and oxygen atoms in total. The van der Waals surface area contributed by atoms with Crippen LogP contribution in [0.3, 0.4) is 0 Å². The number of amides is 2. The van der Waals surface area contributed by atoms with Crippen molar-refractivity contribution in [2.24, 2.45) is 0 Å². The molecular formula is C10H18N2O4. The average Bonchev–Trinajstić information content (AvgIpc) is 2.30. The molecule has 0 radical (unpaired) electrons. The van der Waals surface area contributed by atoms with Crippen LogP contribution in [0.5, 0.6) is 0 Å². The highest BCUT2D eigenvalue weighted by Crippen LogP contribution is 1.99. The van der Waals surface area contributed by atoms with Gasteiger partial charge in [-0.1, -0.05) is 0 Å². The summed E-state index contributed by atoms with van der Waals surface area (Å²) >= 11 is 0. The maximum absolute atomic E-state index is 11.6. The van der Waals surface area contributed by atoms with E-state index in [4.69, 9.17) is 4.74 Å². The maximum Gasteiger partial charge on any atom is 0.407 e. The van der Waals surface area contributed by atoms with Crippen molar-refractivity contribution in [3.05, 3.63) is 0 Å². The molecule has 1 aliphatic heterocycles. The van der Waals surface area contributed by atoms with Gasteiger partial charge in [0.15, 0.2) is 0 Å². The Labute approximate surface area is 94.9 Å². The minimum atomic E-state index is -0.475. The second-order valence-corrected chi connectivity index (χ2v) is 3.39. The summed E-state index contributed by atoms with van der Waals surface area (Å²) in [5.41, 5.74) is 0. The molecule has 1 heterocycles. The largest absolute Gasteiger partial charge is 0.450 e. The summed E-state index contributed by atoms with van der Waals surface area (Å²) in [6, 6.07) is 0. The lowest BCUT2D eigenvalue weighted by atomic mass is 10.3. The minimum absolute atomic E-state index is 0.0418. The van der Waals surface area contributed by atoms with Crippen molar-refractivity contribution in [3.8, 4) is 0 Å². The van der Waals surface area contributed by atoms with Crippen LogP contribution in [0, 0.1) is 0 Å². The summed E-state index contributed by atoms with van der Waals surface area (Å²) < 4.78 is 9.82. The molecule has 1 saturated heterocycles. The van der Waals surface area contributed by atoms with E-state index in [0.717, 1.165) is 0 Å². The maximum atomic E-state index is 11.6. The fraction of sp³-hybridized carbons (Fsp3) is 0.800.